The number of carbonyl (C=O) groups is 1. The number of hydrogen-bond acceptors (Lipinski definition) is 4. The Morgan fingerprint density at radius 2 is 2.00 bits per heavy atom. The van der Waals surface area contributed by atoms with Gasteiger partial charge < -0.3 is 14.9 Å². The van der Waals surface area contributed by atoms with Gasteiger partial charge in [0.25, 0.3) is 0 Å². The predicted octanol–water partition coefficient (Wildman–Crippen LogP) is 1.49. The van der Waals surface area contributed by atoms with Crippen LogP contribution < -0.4 is 0 Å². The van der Waals surface area contributed by atoms with Gasteiger partial charge in [-0.25, -0.2) is 4.79 Å². The Kier molecular flexibility index (Phi) is 3.92. The molecule has 2 rings (SSSR count). The average molecular weight is 264 g/mol. The predicted molar refractivity (Wildman–Crippen MR) is 71.3 cm³/mol. The van der Waals surface area contributed by atoms with Crippen molar-refractivity contribution in [3.05, 3.63) is 35.5 Å². The van der Waals surface area contributed by atoms with Gasteiger partial charge in [0.2, 0.25) is 0 Å². The Morgan fingerprint density at radius 3 is 2.68 bits per heavy atom. The molecule has 2 N–H and O–H groups in total. The van der Waals surface area contributed by atoms with Crippen LogP contribution in [0.3, 0.4) is 0 Å². The van der Waals surface area contributed by atoms with Crippen molar-refractivity contribution in [3.63, 3.8) is 0 Å². The SMILES string of the molecule is C=C1C(=O)O[C@H]2/C=C(/C)[C@H](O)CC/C(C)=C/[C@@H](O)[C@H]12. The maximum Gasteiger partial charge on any atom is 0.334 e. The number of allylic oxidation sites excluding steroid dienone is 1. The van der Waals surface area contributed by atoms with Gasteiger partial charge in [0, 0.05) is 5.57 Å². The molecule has 1 heterocycles. The van der Waals surface area contributed by atoms with Crippen LogP contribution >= 0.6 is 0 Å². The van der Waals surface area contributed by atoms with E-state index in [1.165, 1.54) is 0 Å². The van der Waals surface area contributed by atoms with E-state index in [2.05, 4.69) is 6.58 Å². The van der Waals surface area contributed by atoms with Gasteiger partial charge in [0.15, 0.2) is 0 Å². The summed E-state index contributed by atoms with van der Waals surface area (Å²) in [5, 5.41) is 20.3. The van der Waals surface area contributed by atoms with E-state index in [1.807, 2.05) is 13.8 Å². The number of hydrogen-bond donors (Lipinski definition) is 2. The normalized spacial score (nSPS) is 41.7. The lowest BCUT2D eigenvalue weighted by atomic mass is 9.86. The van der Waals surface area contributed by atoms with E-state index in [4.69, 9.17) is 4.74 Å². The van der Waals surface area contributed by atoms with Crippen molar-refractivity contribution in [2.24, 2.45) is 5.92 Å². The van der Waals surface area contributed by atoms with Gasteiger partial charge in [-0.2, -0.15) is 0 Å². The minimum Gasteiger partial charge on any atom is -0.454 e. The highest BCUT2D eigenvalue weighted by Crippen LogP contribution is 2.33. The third kappa shape index (κ3) is 2.80. The zero-order valence-corrected chi connectivity index (χ0v) is 11.3. The number of carbonyl (C=O) groups excluding carboxylic acids is 1. The second kappa shape index (κ2) is 5.31. The smallest absolute Gasteiger partial charge is 0.334 e. The number of aliphatic hydroxyl groups is 2. The number of rotatable bonds is 0. The van der Waals surface area contributed by atoms with E-state index >= 15 is 0 Å². The topological polar surface area (TPSA) is 66.8 Å². The Labute approximate surface area is 113 Å². The van der Waals surface area contributed by atoms with E-state index < -0.39 is 30.2 Å². The Morgan fingerprint density at radius 1 is 1.32 bits per heavy atom. The van der Waals surface area contributed by atoms with Crippen LogP contribution in [0.5, 0.6) is 0 Å². The number of aliphatic hydroxyl groups excluding tert-OH is 2. The van der Waals surface area contributed by atoms with Crippen LogP contribution in [0, 0.1) is 5.92 Å². The molecule has 0 aromatic carbocycles. The summed E-state index contributed by atoms with van der Waals surface area (Å²) in [6, 6.07) is 0. The summed E-state index contributed by atoms with van der Waals surface area (Å²) in [7, 11) is 0. The van der Waals surface area contributed by atoms with Crippen molar-refractivity contribution in [2.75, 3.05) is 0 Å². The molecule has 2 aliphatic rings. The van der Waals surface area contributed by atoms with Crippen molar-refractivity contribution >= 4 is 5.97 Å². The summed E-state index contributed by atoms with van der Waals surface area (Å²) in [6.45, 7) is 7.43. The van der Waals surface area contributed by atoms with Gasteiger partial charge in [-0.15, -0.1) is 0 Å². The molecule has 1 saturated heterocycles. The molecule has 0 spiro atoms. The maximum absolute atomic E-state index is 11.6. The molecule has 19 heavy (non-hydrogen) atoms. The first kappa shape index (κ1) is 14.0. The third-order valence-corrected chi connectivity index (χ3v) is 3.85. The lowest BCUT2D eigenvalue weighted by molar-refractivity contribution is -0.137. The van der Waals surface area contributed by atoms with E-state index in [0.29, 0.717) is 18.4 Å². The molecule has 0 unspecified atom stereocenters. The van der Waals surface area contributed by atoms with Gasteiger partial charge in [-0.05, 0) is 38.3 Å². The van der Waals surface area contributed by atoms with Crippen molar-refractivity contribution in [3.8, 4) is 0 Å². The van der Waals surface area contributed by atoms with Gasteiger partial charge in [-0.1, -0.05) is 18.2 Å². The minimum atomic E-state index is -0.789. The summed E-state index contributed by atoms with van der Waals surface area (Å²) in [5.74, 6) is -0.944. The molecule has 1 aliphatic carbocycles. The van der Waals surface area contributed by atoms with Crippen molar-refractivity contribution in [1.82, 2.24) is 0 Å². The summed E-state index contributed by atoms with van der Waals surface area (Å²) >= 11 is 0. The van der Waals surface area contributed by atoms with Crippen molar-refractivity contribution in [2.45, 2.75) is 45.0 Å². The fourth-order valence-corrected chi connectivity index (χ4v) is 2.59. The van der Waals surface area contributed by atoms with Crippen LogP contribution in [0.25, 0.3) is 0 Å². The summed E-state index contributed by atoms with van der Waals surface area (Å²) in [5.41, 5.74) is 2.05. The quantitative estimate of drug-likeness (QED) is 0.395. The molecule has 4 nitrogen and oxygen atoms in total. The molecule has 1 aliphatic heterocycles. The van der Waals surface area contributed by atoms with Gasteiger partial charge >= 0.3 is 5.97 Å². The molecule has 0 amide bonds. The molecule has 0 aromatic heterocycles. The van der Waals surface area contributed by atoms with E-state index in [1.54, 1.807) is 12.2 Å². The second-order valence-electron chi connectivity index (χ2n) is 5.39. The maximum atomic E-state index is 11.6. The van der Waals surface area contributed by atoms with Crippen LogP contribution in [0.1, 0.15) is 26.7 Å². The number of esters is 1. The average Bonchev–Trinajstić information content (AvgIpc) is 2.60. The molecule has 1 fully saturated rings. The van der Waals surface area contributed by atoms with E-state index in [9.17, 15) is 15.0 Å². The van der Waals surface area contributed by atoms with Crippen molar-refractivity contribution < 1.29 is 19.7 Å². The van der Waals surface area contributed by atoms with E-state index in [-0.39, 0.29) is 0 Å². The first-order valence-corrected chi connectivity index (χ1v) is 6.51. The Hall–Kier alpha value is -1.39. The zero-order chi connectivity index (χ0) is 14.2. The molecule has 0 aromatic rings. The summed E-state index contributed by atoms with van der Waals surface area (Å²) in [4.78, 5) is 11.6. The zero-order valence-electron chi connectivity index (χ0n) is 11.3. The fraction of sp³-hybridized carbons (Fsp3) is 0.533. The highest BCUT2D eigenvalue weighted by molar-refractivity contribution is 5.91. The van der Waals surface area contributed by atoms with Crippen LogP contribution in [0.15, 0.2) is 35.5 Å². The molecule has 104 valence electrons. The van der Waals surface area contributed by atoms with Gasteiger partial charge in [-0.3, -0.25) is 0 Å². The molecule has 0 radical (unpaired) electrons. The standard InChI is InChI=1S/C15H20O4/c1-8-4-5-11(16)9(2)7-13-14(12(17)6-8)10(3)15(18)19-13/h6-7,11-14,16-17H,3-5H2,1-2H3/b8-6+,9-7-/t11-,12-,13+,14+/m1/s1. The number of fused-ring (bicyclic) bond motifs is 1. The molecule has 0 bridgehead atoms. The van der Waals surface area contributed by atoms with Gasteiger partial charge in [0.05, 0.1) is 18.1 Å². The lowest BCUT2D eigenvalue weighted by Gasteiger charge is -2.22. The summed E-state index contributed by atoms with van der Waals surface area (Å²) in [6.07, 6.45) is 2.88. The summed E-state index contributed by atoms with van der Waals surface area (Å²) < 4.78 is 5.22. The van der Waals surface area contributed by atoms with Crippen molar-refractivity contribution in [1.29, 1.82) is 0 Å². The lowest BCUT2D eigenvalue weighted by Crippen LogP contribution is -2.28. The number of ether oxygens (including phenoxy) is 1. The monoisotopic (exact) mass is 264 g/mol. The molecular formula is C15H20O4. The minimum absolute atomic E-state index is 0.292. The highest BCUT2D eigenvalue weighted by atomic mass is 16.6. The van der Waals surface area contributed by atoms with E-state index in [0.717, 1.165) is 11.1 Å². The fourth-order valence-electron chi connectivity index (χ4n) is 2.59. The first-order chi connectivity index (χ1) is 8.90. The Balaban J connectivity index is 2.39. The third-order valence-electron chi connectivity index (χ3n) is 3.85. The van der Waals surface area contributed by atoms with Crippen LogP contribution in [0.2, 0.25) is 0 Å². The molecule has 0 saturated carbocycles. The van der Waals surface area contributed by atoms with Crippen LogP contribution in [0.4, 0.5) is 0 Å². The second-order valence-corrected chi connectivity index (χ2v) is 5.39. The van der Waals surface area contributed by atoms with Crippen LogP contribution in [-0.4, -0.2) is 34.5 Å². The molecular weight excluding hydrogens is 244 g/mol. The largest absolute Gasteiger partial charge is 0.454 e. The van der Waals surface area contributed by atoms with Gasteiger partial charge in [0.1, 0.15) is 6.10 Å². The highest BCUT2D eigenvalue weighted by Gasteiger charge is 2.41. The molecule has 4 atom stereocenters. The van der Waals surface area contributed by atoms with Crippen LogP contribution in [-0.2, 0) is 9.53 Å². The molecule has 4 heteroatoms. The Bertz CT molecular complexity index is 461. The first-order valence-electron chi connectivity index (χ1n) is 6.51.